The number of hydrogen-bond acceptors (Lipinski definition) is 4. The van der Waals surface area contributed by atoms with Crippen LogP contribution in [0.4, 0.5) is 13.2 Å². The Bertz CT molecular complexity index is 667. The Morgan fingerprint density at radius 3 is 2.50 bits per heavy atom. The fourth-order valence-corrected chi connectivity index (χ4v) is 1.50. The molecule has 0 bridgehead atoms. The first-order chi connectivity index (χ1) is 9.41. The summed E-state index contributed by atoms with van der Waals surface area (Å²) in [4.78, 5) is 11.0. The van der Waals surface area contributed by atoms with Gasteiger partial charge in [-0.25, -0.2) is 4.68 Å². The summed E-state index contributed by atoms with van der Waals surface area (Å²) in [5.41, 5.74) is 0.446. The van der Waals surface area contributed by atoms with Gasteiger partial charge in [-0.3, -0.25) is 4.79 Å². The lowest BCUT2D eigenvalue weighted by Gasteiger charge is -2.01. The third-order valence-corrected chi connectivity index (χ3v) is 2.47. The van der Waals surface area contributed by atoms with E-state index in [4.69, 9.17) is 5.26 Å². The molecule has 0 radical (unpaired) electrons. The number of nitriles is 1. The van der Waals surface area contributed by atoms with Crippen LogP contribution >= 0.6 is 0 Å². The van der Waals surface area contributed by atoms with Crippen molar-refractivity contribution in [3.63, 3.8) is 0 Å². The van der Waals surface area contributed by atoms with Crippen LogP contribution < -0.4 is 0 Å². The number of alkyl halides is 3. The van der Waals surface area contributed by atoms with Crippen molar-refractivity contribution in [2.24, 2.45) is 0 Å². The van der Waals surface area contributed by atoms with E-state index in [1.165, 1.54) is 0 Å². The van der Waals surface area contributed by atoms with Crippen LogP contribution in [0.5, 0.6) is 0 Å². The van der Waals surface area contributed by atoms with Crippen molar-refractivity contribution in [2.75, 3.05) is 0 Å². The maximum absolute atomic E-state index is 12.2. The van der Waals surface area contributed by atoms with E-state index < -0.39 is 17.7 Å². The Hall–Kier alpha value is -2.69. The highest BCUT2D eigenvalue weighted by molar-refractivity contribution is 5.98. The number of aromatic nitrogens is 3. The van der Waals surface area contributed by atoms with Gasteiger partial charge in [0, 0.05) is 0 Å². The van der Waals surface area contributed by atoms with Gasteiger partial charge < -0.3 is 0 Å². The number of Topliss-reactive ketones (excluding diaryl/α,β-unsaturated/α-hetero) is 1. The van der Waals surface area contributed by atoms with Crippen LogP contribution in [0.3, 0.4) is 0 Å². The van der Waals surface area contributed by atoms with E-state index in [1.54, 1.807) is 24.3 Å². The molecule has 0 saturated heterocycles. The van der Waals surface area contributed by atoms with Gasteiger partial charge in [0.15, 0.2) is 5.69 Å². The van der Waals surface area contributed by atoms with Crippen molar-refractivity contribution in [1.82, 2.24) is 15.0 Å². The summed E-state index contributed by atoms with van der Waals surface area (Å²) in [6, 6.07) is 8.41. The van der Waals surface area contributed by atoms with Gasteiger partial charge in [-0.1, -0.05) is 17.3 Å². The van der Waals surface area contributed by atoms with E-state index in [0.29, 0.717) is 5.69 Å². The second-order valence-corrected chi connectivity index (χ2v) is 3.88. The van der Waals surface area contributed by atoms with E-state index in [9.17, 15) is 18.0 Å². The predicted octanol–water partition coefficient (Wildman–Crippen LogP) is 2.08. The number of hydrogen-bond donors (Lipinski definition) is 0. The summed E-state index contributed by atoms with van der Waals surface area (Å²) in [6.45, 7) is 0. The zero-order valence-corrected chi connectivity index (χ0v) is 9.92. The van der Waals surface area contributed by atoms with Gasteiger partial charge in [0.05, 0.1) is 24.4 Å². The second-order valence-electron chi connectivity index (χ2n) is 3.88. The number of carbonyl (C=O) groups is 1. The molecule has 0 spiro atoms. The zero-order valence-electron chi connectivity index (χ0n) is 9.92. The molecule has 0 N–H and O–H groups in total. The van der Waals surface area contributed by atoms with Gasteiger partial charge in [-0.2, -0.15) is 18.4 Å². The average molecular weight is 280 g/mol. The highest BCUT2D eigenvalue weighted by atomic mass is 19.4. The first-order valence-corrected chi connectivity index (χ1v) is 5.42. The lowest BCUT2D eigenvalue weighted by atomic mass is 10.1. The average Bonchev–Trinajstić information content (AvgIpc) is 2.87. The lowest BCUT2D eigenvalue weighted by Crippen LogP contribution is -2.23. The van der Waals surface area contributed by atoms with Crippen LogP contribution in [-0.4, -0.2) is 27.0 Å². The molecule has 5 nitrogen and oxygen atoms in total. The third-order valence-electron chi connectivity index (χ3n) is 2.47. The summed E-state index contributed by atoms with van der Waals surface area (Å²) in [5, 5.41) is 15.2. The third kappa shape index (κ3) is 2.83. The number of nitrogens with zero attached hydrogens (tertiary/aromatic N) is 4. The summed E-state index contributed by atoms with van der Waals surface area (Å²) in [6.07, 6.45) is -3.83. The van der Waals surface area contributed by atoms with Crippen molar-refractivity contribution in [2.45, 2.75) is 12.6 Å². The molecule has 1 aromatic carbocycles. The maximum Gasteiger partial charge on any atom is 0.456 e. The molecule has 0 aliphatic heterocycles. The number of carbonyl (C=O) groups excluding carboxylic acids is 1. The second kappa shape index (κ2) is 5.13. The Balaban J connectivity index is 2.25. The maximum atomic E-state index is 12.2. The first-order valence-electron chi connectivity index (χ1n) is 5.42. The van der Waals surface area contributed by atoms with Crippen molar-refractivity contribution >= 4 is 5.78 Å². The topological polar surface area (TPSA) is 71.6 Å². The van der Waals surface area contributed by atoms with E-state index in [2.05, 4.69) is 10.3 Å². The fraction of sp³-hybridized carbons (Fsp3) is 0.167. The Kier molecular flexibility index (Phi) is 3.52. The normalized spacial score (nSPS) is 11.1. The van der Waals surface area contributed by atoms with Gasteiger partial charge in [0.2, 0.25) is 0 Å². The van der Waals surface area contributed by atoms with E-state index in [0.717, 1.165) is 16.4 Å². The van der Waals surface area contributed by atoms with Gasteiger partial charge >= 0.3 is 6.18 Å². The van der Waals surface area contributed by atoms with Crippen molar-refractivity contribution in [1.29, 1.82) is 5.26 Å². The Labute approximate surface area is 111 Å². The Morgan fingerprint density at radius 1 is 1.30 bits per heavy atom. The molecule has 0 aliphatic carbocycles. The van der Waals surface area contributed by atoms with Crippen LogP contribution in [-0.2, 0) is 6.42 Å². The SMILES string of the molecule is N#CCc1ccc(-n2cc(C(=O)C(F)(F)F)nn2)cc1. The largest absolute Gasteiger partial charge is 0.456 e. The standard InChI is InChI=1S/C12H7F3N4O/c13-12(14,15)11(20)10-7-19(18-17-10)9-3-1-8(2-4-9)5-6-16/h1-4,7H,5H2. The van der Waals surface area contributed by atoms with Gasteiger partial charge in [0.25, 0.3) is 5.78 Å². The molecule has 2 rings (SSSR count). The summed E-state index contributed by atoms with van der Waals surface area (Å²) in [7, 11) is 0. The number of halogens is 3. The monoisotopic (exact) mass is 280 g/mol. The van der Waals surface area contributed by atoms with Crippen LogP contribution in [0.25, 0.3) is 5.69 Å². The molecule has 8 heteroatoms. The predicted molar refractivity (Wildman–Crippen MR) is 61.1 cm³/mol. The minimum Gasteiger partial charge on any atom is -0.282 e. The molecule has 102 valence electrons. The van der Waals surface area contributed by atoms with E-state index in [-0.39, 0.29) is 6.42 Å². The van der Waals surface area contributed by atoms with Crippen LogP contribution in [0.1, 0.15) is 16.1 Å². The van der Waals surface area contributed by atoms with Gasteiger partial charge in [-0.05, 0) is 17.7 Å². The fourth-order valence-electron chi connectivity index (χ4n) is 1.50. The minimum atomic E-state index is -4.97. The highest BCUT2D eigenvalue weighted by Crippen LogP contribution is 2.20. The summed E-state index contributed by atoms with van der Waals surface area (Å²) in [5.74, 6) is -2.04. The van der Waals surface area contributed by atoms with Gasteiger partial charge in [-0.15, -0.1) is 5.10 Å². The molecule has 2 aromatic rings. The number of benzene rings is 1. The number of ketones is 1. The molecule has 1 heterocycles. The first kappa shape index (κ1) is 13.7. The van der Waals surface area contributed by atoms with E-state index >= 15 is 0 Å². The van der Waals surface area contributed by atoms with Crippen LogP contribution in [0.15, 0.2) is 30.5 Å². The molecule has 0 unspecified atom stereocenters. The quantitative estimate of drug-likeness (QED) is 0.807. The zero-order chi connectivity index (χ0) is 14.8. The summed E-state index contributed by atoms with van der Waals surface area (Å²) < 4.78 is 37.7. The van der Waals surface area contributed by atoms with Crippen molar-refractivity contribution in [3.8, 4) is 11.8 Å². The molecule has 0 fully saturated rings. The molecule has 0 amide bonds. The van der Waals surface area contributed by atoms with Crippen LogP contribution in [0.2, 0.25) is 0 Å². The molecule has 1 aromatic heterocycles. The van der Waals surface area contributed by atoms with Crippen molar-refractivity contribution < 1.29 is 18.0 Å². The molecule has 20 heavy (non-hydrogen) atoms. The molecule has 0 atom stereocenters. The molecular formula is C12H7F3N4O. The number of rotatable bonds is 3. The molecular weight excluding hydrogens is 273 g/mol. The lowest BCUT2D eigenvalue weighted by molar-refractivity contribution is -0.0888. The van der Waals surface area contributed by atoms with Crippen LogP contribution in [0, 0.1) is 11.3 Å². The van der Waals surface area contributed by atoms with Crippen molar-refractivity contribution in [3.05, 3.63) is 41.7 Å². The van der Waals surface area contributed by atoms with E-state index in [1.807, 2.05) is 6.07 Å². The minimum absolute atomic E-state index is 0.232. The summed E-state index contributed by atoms with van der Waals surface area (Å²) >= 11 is 0. The smallest absolute Gasteiger partial charge is 0.282 e. The van der Waals surface area contributed by atoms with Gasteiger partial charge in [0.1, 0.15) is 0 Å². The highest BCUT2D eigenvalue weighted by Gasteiger charge is 2.41. The Morgan fingerprint density at radius 2 is 1.95 bits per heavy atom. The molecule has 0 aliphatic rings. The molecule has 0 saturated carbocycles.